The van der Waals surface area contributed by atoms with Crippen LogP contribution in [-0.2, 0) is 11.2 Å². The molecule has 27 heavy (non-hydrogen) atoms. The lowest BCUT2D eigenvalue weighted by molar-refractivity contribution is -0.126. The number of pyridine rings is 1. The number of carbonyl (C=O) groups excluding carboxylic acids is 2. The molecule has 3 rings (SSSR count). The molecule has 6 heteroatoms. The number of hydrogen-bond donors (Lipinski definition) is 1. The van der Waals surface area contributed by atoms with Crippen molar-refractivity contribution in [3.05, 3.63) is 64.9 Å². The molecule has 1 N–H and O–H groups in total. The van der Waals surface area contributed by atoms with E-state index in [4.69, 9.17) is 11.6 Å². The molecule has 2 aromatic rings. The number of aromatic nitrogens is 1. The van der Waals surface area contributed by atoms with Gasteiger partial charge in [0.1, 0.15) is 0 Å². The average Bonchev–Trinajstić information content (AvgIpc) is 2.70. The summed E-state index contributed by atoms with van der Waals surface area (Å²) in [5.41, 5.74) is 1.62. The van der Waals surface area contributed by atoms with Crippen LogP contribution in [0.2, 0.25) is 5.02 Å². The fourth-order valence-corrected chi connectivity index (χ4v) is 3.64. The molecule has 0 saturated carbocycles. The Labute approximate surface area is 164 Å². The van der Waals surface area contributed by atoms with Gasteiger partial charge in [0.2, 0.25) is 5.91 Å². The van der Waals surface area contributed by atoms with Gasteiger partial charge in [0, 0.05) is 42.5 Å². The minimum Gasteiger partial charge on any atom is -0.353 e. The van der Waals surface area contributed by atoms with Gasteiger partial charge < -0.3 is 10.2 Å². The molecule has 0 unspecified atom stereocenters. The fraction of sp³-hybridized carbons (Fsp3) is 0.381. The first-order chi connectivity index (χ1) is 13.0. The monoisotopic (exact) mass is 385 g/mol. The number of halogens is 1. The van der Waals surface area contributed by atoms with Crippen LogP contribution in [0.3, 0.4) is 0 Å². The van der Waals surface area contributed by atoms with E-state index < -0.39 is 0 Å². The van der Waals surface area contributed by atoms with E-state index in [-0.39, 0.29) is 23.8 Å². The molecule has 0 spiro atoms. The lowest BCUT2D eigenvalue weighted by Crippen LogP contribution is -2.45. The topological polar surface area (TPSA) is 62.3 Å². The van der Waals surface area contributed by atoms with Crippen LogP contribution in [0.1, 0.15) is 35.7 Å². The average molecular weight is 386 g/mol. The summed E-state index contributed by atoms with van der Waals surface area (Å²) in [6.07, 6.45) is 5.28. The quantitative estimate of drug-likeness (QED) is 0.858. The van der Waals surface area contributed by atoms with Gasteiger partial charge in [-0.05, 0) is 49.9 Å². The third-order valence-electron chi connectivity index (χ3n) is 4.93. The van der Waals surface area contributed by atoms with E-state index >= 15 is 0 Å². The Hall–Kier alpha value is -2.40. The molecule has 1 saturated heterocycles. The first kappa shape index (κ1) is 19.4. The van der Waals surface area contributed by atoms with Crippen molar-refractivity contribution in [2.75, 3.05) is 13.1 Å². The molecular formula is C21H24ClN3O2. The third kappa shape index (κ3) is 5.07. The third-order valence-corrected chi connectivity index (χ3v) is 5.30. The predicted molar refractivity (Wildman–Crippen MR) is 106 cm³/mol. The maximum Gasteiger partial charge on any atom is 0.255 e. The van der Waals surface area contributed by atoms with Gasteiger partial charge >= 0.3 is 0 Å². The van der Waals surface area contributed by atoms with Crippen LogP contribution in [0.4, 0.5) is 0 Å². The lowest BCUT2D eigenvalue weighted by atomic mass is 9.95. The molecule has 1 fully saturated rings. The van der Waals surface area contributed by atoms with Gasteiger partial charge in [-0.25, -0.2) is 0 Å². The van der Waals surface area contributed by atoms with E-state index in [2.05, 4.69) is 10.3 Å². The standard InChI is InChI=1S/C21H24ClN3O2/c1-15(13-17-5-2-3-7-19(17)22)24-20(26)16-8-11-25(12-9-16)21(27)18-6-4-10-23-14-18/h2-7,10,14-16H,8-9,11-13H2,1H3,(H,24,26)/t15-/m1/s1. The molecule has 0 bridgehead atoms. The number of hydrogen-bond acceptors (Lipinski definition) is 3. The highest BCUT2D eigenvalue weighted by molar-refractivity contribution is 6.31. The Kier molecular flexibility index (Phi) is 6.45. The minimum absolute atomic E-state index is 0.00690. The number of carbonyl (C=O) groups is 2. The van der Waals surface area contributed by atoms with Crippen LogP contribution in [0.5, 0.6) is 0 Å². The van der Waals surface area contributed by atoms with Gasteiger partial charge in [-0.1, -0.05) is 29.8 Å². The zero-order chi connectivity index (χ0) is 19.2. The second kappa shape index (κ2) is 9.00. The largest absolute Gasteiger partial charge is 0.353 e. The molecule has 1 aromatic heterocycles. The first-order valence-electron chi connectivity index (χ1n) is 9.27. The first-order valence-corrected chi connectivity index (χ1v) is 9.65. The summed E-state index contributed by atoms with van der Waals surface area (Å²) in [6, 6.07) is 11.2. The molecule has 5 nitrogen and oxygen atoms in total. The van der Waals surface area contributed by atoms with Crippen molar-refractivity contribution in [1.29, 1.82) is 0 Å². The molecule has 2 heterocycles. The smallest absolute Gasteiger partial charge is 0.255 e. The van der Waals surface area contributed by atoms with Crippen molar-refractivity contribution >= 4 is 23.4 Å². The van der Waals surface area contributed by atoms with E-state index in [1.165, 1.54) is 0 Å². The summed E-state index contributed by atoms with van der Waals surface area (Å²) in [7, 11) is 0. The Morgan fingerprint density at radius 1 is 1.22 bits per heavy atom. The molecule has 0 radical (unpaired) electrons. The highest BCUT2D eigenvalue weighted by atomic mass is 35.5. The maximum absolute atomic E-state index is 12.6. The normalized spacial score (nSPS) is 16.0. The van der Waals surface area contributed by atoms with Crippen molar-refractivity contribution in [2.45, 2.75) is 32.2 Å². The number of benzene rings is 1. The second-order valence-electron chi connectivity index (χ2n) is 7.01. The Morgan fingerprint density at radius 3 is 2.63 bits per heavy atom. The molecule has 2 amide bonds. The Balaban J connectivity index is 1.48. The molecule has 1 atom stereocenters. The molecular weight excluding hydrogens is 362 g/mol. The zero-order valence-electron chi connectivity index (χ0n) is 15.4. The van der Waals surface area contributed by atoms with E-state index in [0.717, 1.165) is 10.6 Å². The predicted octanol–water partition coefficient (Wildman–Crippen LogP) is 3.33. The van der Waals surface area contributed by atoms with E-state index in [0.29, 0.717) is 37.9 Å². The van der Waals surface area contributed by atoms with Gasteiger partial charge in [-0.15, -0.1) is 0 Å². The van der Waals surface area contributed by atoms with Gasteiger partial charge in [0.25, 0.3) is 5.91 Å². The van der Waals surface area contributed by atoms with Crippen LogP contribution in [0, 0.1) is 5.92 Å². The van der Waals surface area contributed by atoms with Gasteiger partial charge in [-0.3, -0.25) is 14.6 Å². The summed E-state index contributed by atoms with van der Waals surface area (Å²) >= 11 is 6.20. The van der Waals surface area contributed by atoms with E-state index in [1.54, 1.807) is 29.4 Å². The summed E-state index contributed by atoms with van der Waals surface area (Å²) in [4.78, 5) is 30.8. The van der Waals surface area contributed by atoms with E-state index in [9.17, 15) is 9.59 Å². The van der Waals surface area contributed by atoms with Gasteiger partial charge in [0.15, 0.2) is 0 Å². The van der Waals surface area contributed by atoms with Crippen molar-refractivity contribution in [3.8, 4) is 0 Å². The summed E-state index contributed by atoms with van der Waals surface area (Å²) in [6.45, 7) is 3.16. The molecule has 0 aliphatic carbocycles. The van der Waals surface area contributed by atoms with Crippen LogP contribution in [-0.4, -0.2) is 40.8 Å². The van der Waals surface area contributed by atoms with Crippen molar-refractivity contribution in [2.24, 2.45) is 5.92 Å². The zero-order valence-corrected chi connectivity index (χ0v) is 16.2. The van der Waals surface area contributed by atoms with Gasteiger partial charge in [0.05, 0.1) is 5.56 Å². The summed E-state index contributed by atoms with van der Waals surface area (Å²) < 4.78 is 0. The fourth-order valence-electron chi connectivity index (χ4n) is 3.42. The number of piperidine rings is 1. The summed E-state index contributed by atoms with van der Waals surface area (Å²) in [5.74, 6) is -0.0197. The SMILES string of the molecule is C[C@H](Cc1ccccc1Cl)NC(=O)C1CCN(C(=O)c2cccnc2)CC1. The highest BCUT2D eigenvalue weighted by Crippen LogP contribution is 2.20. The molecule has 1 aromatic carbocycles. The number of likely N-dealkylation sites (tertiary alicyclic amines) is 1. The Bertz CT molecular complexity index is 789. The van der Waals surface area contributed by atoms with Crippen LogP contribution < -0.4 is 5.32 Å². The Morgan fingerprint density at radius 2 is 1.96 bits per heavy atom. The lowest BCUT2D eigenvalue weighted by Gasteiger charge is -2.32. The van der Waals surface area contributed by atoms with Crippen LogP contribution in [0.25, 0.3) is 0 Å². The number of nitrogens with one attached hydrogen (secondary N) is 1. The van der Waals surface area contributed by atoms with Crippen LogP contribution >= 0.6 is 11.6 Å². The van der Waals surface area contributed by atoms with Crippen molar-refractivity contribution in [3.63, 3.8) is 0 Å². The van der Waals surface area contributed by atoms with Crippen molar-refractivity contribution < 1.29 is 9.59 Å². The second-order valence-corrected chi connectivity index (χ2v) is 7.42. The van der Waals surface area contributed by atoms with Gasteiger partial charge in [-0.2, -0.15) is 0 Å². The number of amides is 2. The number of rotatable bonds is 5. The maximum atomic E-state index is 12.6. The highest BCUT2D eigenvalue weighted by Gasteiger charge is 2.28. The number of nitrogens with zero attached hydrogens (tertiary/aromatic N) is 2. The van der Waals surface area contributed by atoms with E-state index in [1.807, 2.05) is 31.2 Å². The molecule has 1 aliphatic rings. The summed E-state index contributed by atoms with van der Waals surface area (Å²) in [5, 5.41) is 3.81. The van der Waals surface area contributed by atoms with Crippen molar-refractivity contribution in [1.82, 2.24) is 15.2 Å². The molecule has 142 valence electrons. The van der Waals surface area contributed by atoms with Crippen LogP contribution in [0.15, 0.2) is 48.8 Å². The molecule has 1 aliphatic heterocycles. The minimum atomic E-state index is -0.0587.